The quantitative estimate of drug-likeness (QED) is 0.152. The van der Waals surface area contributed by atoms with Gasteiger partial charge in [0.15, 0.2) is 0 Å². The van der Waals surface area contributed by atoms with Crippen molar-refractivity contribution in [1.29, 1.82) is 0 Å². The van der Waals surface area contributed by atoms with Crippen LogP contribution in [-0.4, -0.2) is 4.57 Å². The minimum absolute atomic E-state index is 0.573. The highest BCUT2D eigenvalue weighted by Crippen LogP contribution is 2.47. The summed E-state index contributed by atoms with van der Waals surface area (Å²) in [6.45, 7) is 0. The molecular formula is C64H48N2O. The molecule has 1 aliphatic rings. The number of rotatable bonds is 8. The van der Waals surface area contributed by atoms with E-state index >= 15 is 0 Å². The van der Waals surface area contributed by atoms with Gasteiger partial charge < -0.3 is 13.9 Å². The van der Waals surface area contributed by atoms with Gasteiger partial charge in [0.25, 0.3) is 0 Å². The zero-order valence-corrected chi connectivity index (χ0v) is 37.3. The molecule has 0 radical (unpaired) electrons. The summed E-state index contributed by atoms with van der Waals surface area (Å²) in [6, 6.07) is 82.4. The third-order valence-electron chi connectivity index (χ3n) is 14.4. The Bertz CT molecular complexity index is 3790. The zero-order valence-electron chi connectivity index (χ0n) is 37.3. The van der Waals surface area contributed by atoms with Crippen molar-refractivity contribution < 1.29 is 4.42 Å². The summed E-state index contributed by atoms with van der Waals surface area (Å²) in [5.74, 6) is 0.573. The normalized spacial score (nSPS) is 13.3. The van der Waals surface area contributed by atoms with Gasteiger partial charge in [0, 0.05) is 44.2 Å². The maximum atomic E-state index is 6.25. The molecule has 0 spiro atoms. The van der Waals surface area contributed by atoms with Crippen LogP contribution in [0.5, 0.6) is 0 Å². The molecule has 12 aromatic rings. The molecule has 3 heteroatoms. The number of para-hydroxylation sites is 4. The van der Waals surface area contributed by atoms with E-state index in [1.54, 1.807) is 0 Å². The molecule has 1 fully saturated rings. The summed E-state index contributed by atoms with van der Waals surface area (Å²) in [4.78, 5) is 2.47. The van der Waals surface area contributed by atoms with E-state index in [9.17, 15) is 0 Å². The fourth-order valence-corrected chi connectivity index (χ4v) is 11.2. The first kappa shape index (κ1) is 39.2. The Morgan fingerprint density at radius 1 is 0.403 bits per heavy atom. The number of anilines is 3. The van der Waals surface area contributed by atoms with E-state index in [4.69, 9.17) is 4.42 Å². The lowest BCUT2D eigenvalue weighted by Gasteiger charge is -2.29. The van der Waals surface area contributed by atoms with Crippen molar-refractivity contribution in [2.24, 2.45) is 0 Å². The molecular weight excluding hydrogens is 813 g/mol. The third kappa shape index (κ3) is 6.81. The van der Waals surface area contributed by atoms with Gasteiger partial charge in [-0.3, -0.25) is 0 Å². The van der Waals surface area contributed by atoms with Crippen LogP contribution in [0.2, 0.25) is 0 Å². The fourth-order valence-electron chi connectivity index (χ4n) is 11.2. The molecule has 13 rings (SSSR count). The van der Waals surface area contributed by atoms with Gasteiger partial charge in [0.2, 0.25) is 0 Å². The topological polar surface area (TPSA) is 21.3 Å². The van der Waals surface area contributed by atoms with Gasteiger partial charge >= 0.3 is 0 Å². The molecule has 3 nitrogen and oxygen atoms in total. The second-order valence-corrected chi connectivity index (χ2v) is 18.3. The Hall–Kier alpha value is -8.14. The molecule has 0 unspecified atom stereocenters. The highest BCUT2D eigenvalue weighted by atomic mass is 16.3. The number of furan rings is 1. The Labute approximate surface area is 390 Å². The minimum Gasteiger partial charge on any atom is -0.456 e. The Morgan fingerprint density at radius 3 is 1.94 bits per heavy atom. The molecule has 2 aromatic heterocycles. The largest absolute Gasteiger partial charge is 0.456 e. The summed E-state index contributed by atoms with van der Waals surface area (Å²) < 4.78 is 8.64. The molecule has 0 bridgehead atoms. The van der Waals surface area contributed by atoms with Crippen molar-refractivity contribution in [2.45, 2.75) is 38.0 Å². The van der Waals surface area contributed by atoms with E-state index in [0.717, 1.165) is 55.8 Å². The number of hydrogen-bond acceptors (Lipinski definition) is 2. The van der Waals surface area contributed by atoms with Crippen molar-refractivity contribution in [3.8, 4) is 39.1 Å². The number of nitrogens with zero attached hydrogens (tertiary/aromatic N) is 2. The van der Waals surface area contributed by atoms with Crippen LogP contribution in [0.1, 0.15) is 43.6 Å². The molecule has 67 heavy (non-hydrogen) atoms. The first-order valence-electron chi connectivity index (χ1n) is 23.9. The molecule has 0 N–H and O–H groups in total. The average Bonchev–Trinajstić information content (AvgIpc) is 3.94. The van der Waals surface area contributed by atoms with Gasteiger partial charge in [-0.15, -0.1) is 0 Å². The van der Waals surface area contributed by atoms with E-state index in [2.05, 4.69) is 222 Å². The van der Waals surface area contributed by atoms with E-state index in [1.165, 1.54) is 92.5 Å². The van der Waals surface area contributed by atoms with Crippen LogP contribution < -0.4 is 4.90 Å². The van der Waals surface area contributed by atoms with E-state index in [1.807, 2.05) is 12.1 Å². The van der Waals surface area contributed by atoms with Crippen molar-refractivity contribution in [1.82, 2.24) is 4.57 Å². The van der Waals surface area contributed by atoms with E-state index in [-0.39, 0.29) is 0 Å². The lowest BCUT2D eigenvalue weighted by molar-refractivity contribution is 0.445. The van der Waals surface area contributed by atoms with Crippen LogP contribution in [0.4, 0.5) is 17.1 Å². The molecule has 320 valence electrons. The summed E-state index contributed by atoms with van der Waals surface area (Å²) in [5.41, 5.74) is 17.4. The van der Waals surface area contributed by atoms with Crippen molar-refractivity contribution in [3.63, 3.8) is 0 Å². The molecule has 0 saturated heterocycles. The molecule has 1 saturated carbocycles. The molecule has 2 heterocycles. The van der Waals surface area contributed by atoms with Crippen LogP contribution >= 0.6 is 0 Å². The second kappa shape index (κ2) is 16.4. The summed E-state index contributed by atoms with van der Waals surface area (Å²) >= 11 is 0. The van der Waals surface area contributed by atoms with Gasteiger partial charge in [0.05, 0.1) is 16.7 Å². The summed E-state index contributed by atoms with van der Waals surface area (Å²) in [7, 11) is 0. The lowest BCUT2D eigenvalue weighted by Crippen LogP contribution is -2.11. The predicted molar refractivity (Wildman–Crippen MR) is 282 cm³/mol. The molecule has 10 aromatic carbocycles. The minimum atomic E-state index is 0.573. The summed E-state index contributed by atoms with van der Waals surface area (Å²) in [5, 5.41) is 7.46. The van der Waals surface area contributed by atoms with Gasteiger partial charge in [-0.2, -0.15) is 0 Å². The Balaban J connectivity index is 0.971. The van der Waals surface area contributed by atoms with Gasteiger partial charge in [0.1, 0.15) is 11.2 Å². The fraction of sp³-hybridized carbons (Fsp3) is 0.0938. The maximum absolute atomic E-state index is 6.25. The van der Waals surface area contributed by atoms with Crippen LogP contribution in [0.3, 0.4) is 0 Å². The number of hydrogen-bond donors (Lipinski definition) is 0. The molecule has 1 aliphatic carbocycles. The van der Waals surface area contributed by atoms with Crippen LogP contribution in [0.15, 0.2) is 229 Å². The smallest absolute Gasteiger partial charge is 0.135 e. The van der Waals surface area contributed by atoms with Gasteiger partial charge in [-0.25, -0.2) is 0 Å². The zero-order chi connectivity index (χ0) is 44.3. The van der Waals surface area contributed by atoms with Crippen molar-refractivity contribution in [3.05, 3.63) is 230 Å². The number of fused-ring (bicyclic) bond motifs is 7. The van der Waals surface area contributed by atoms with Gasteiger partial charge in [-0.1, -0.05) is 171 Å². The SMILES string of the molecule is c1ccc(-n2c3ccccc3c3ccc(-c4ccc(N(c5cccc(-c6ccc7oc8ccccc8c7c6)c5)c5ccccc5-c5cccc6cccc(C7CCCCC7)c56)cc4)cc32)cc1. The van der Waals surface area contributed by atoms with Crippen LogP contribution in [0.25, 0.3) is 93.6 Å². The predicted octanol–water partition coefficient (Wildman–Crippen LogP) is 18.4. The van der Waals surface area contributed by atoms with Crippen molar-refractivity contribution >= 4 is 71.6 Å². The van der Waals surface area contributed by atoms with E-state index in [0.29, 0.717) is 5.92 Å². The van der Waals surface area contributed by atoms with E-state index < -0.39 is 0 Å². The first-order chi connectivity index (χ1) is 33.2. The second-order valence-electron chi connectivity index (χ2n) is 18.3. The Morgan fingerprint density at radius 2 is 1.06 bits per heavy atom. The van der Waals surface area contributed by atoms with Gasteiger partial charge in [-0.05, 0) is 136 Å². The average molecular weight is 861 g/mol. The summed E-state index contributed by atoms with van der Waals surface area (Å²) in [6.07, 6.45) is 6.44. The number of aromatic nitrogens is 1. The highest BCUT2D eigenvalue weighted by molar-refractivity contribution is 6.11. The molecule has 0 aliphatic heterocycles. The van der Waals surface area contributed by atoms with Crippen molar-refractivity contribution in [2.75, 3.05) is 4.90 Å². The Kier molecular flexibility index (Phi) is 9.60. The number of benzene rings is 10. The first-order valence-corrected chi connectivity index (χ1v) is 23.9. The third-order valence-corrected chi connectivity index (χ3v) is 14.4. The molecule has 0 amide bonds. The monoisotopic (exact) mass is 860 g/mol. The molecule has 0 atom stereocenters. The van der Waals surface area contributed by atoms with Crippen LogP contribution in [0, 0.1) is 0 Å². The lowest BCUT2D eigenvalue weighted by atomic mass is 9.80. The maximum Gasteiger partial charge on any atom is 0.135 e. The standard InChI is InChI=1S/C64H48N2O/c1-3-16-44(17-4-1)52-27-14-18-45-19-15-28-57(64(45)52)54-25-8-10-29-59(54)65(51-23-13-20-46(40-51)47-35-39-63-58(41-47)56-26-9-12-31-62(56)67-63)50-36-32-43(33-37-50)48-34-38-55-53-24-7-11-30-60(53)66(61(55)42-48)49-21-5-2-6-22-49/h2,5-15,18-42,44H,1,3-4,16-17H2. The van der Waals surface area contributed by atoms with Crippen LogP contribution in [-0.2, 0) is 0 Å². The highest BCUT2D eigenvalue weighted by Gasteiger charge is 2.23.